The summed E-state index contributed by atoms with van der Waals surface area (Å²) in [5.41, 5.74) is 2.41. The van der Waals surface area contributed by atoms with Crippen molar-refractivity contribution in [3.8, 4) is 0 Å². The van der Waals surface area contributed by atoms with Gasteiger partial charge in [-0.3, -0.25) is 0 Å². The van der Waals surface area contributed by atoms with Crippen LogP contribution in [0.1, 0.15) is 5.69 Å². The maximum Gasteiger partial charge on any atom is 0.0216 e. The molecule has 0 spiro atoms. The van der Waals surface area contributed by atoms with Crippen molar-refractivity contribution in [2.24, 2.45) is 7.05 Å². The van der Waals surface area contributed by atoms with E-state index in [2.05, 4.69) is 27.6 Å². The van der Waals surface area contributed by atoms with Crippen LogP contribution >= 0.6 is 0 Å². The molecule has 2 heterocycles. The Bertz CT molecular complexity index is 400. The third-order valence-electron chi connectivity index (χ3n) is 1.56. The molecule has 0 aromatic carbocycles. The summed E-state index contributed by atoms with van der Waals surface area (Å²) in [6, 6.07) is 0. The summed E-state index contributed by atoms with van der Waals surface area (Å²) in [6.45, 7) is 1.88. The normalized spacial score (nSPS) is 9.08. The summed E-state index contributed by atoms with van der Waals surface area (Å²) in [7, 11) is 1.84. The fraction of sp³-hybridized carbons (Fsp3) is 0.286. The second-order valence-electron chi connectivity index (χ2n) is 2.35. The number of fused-ring (bicyclic) bond motifs is 1. The van der Waals surface area contributed by atoms with Crippen molar-refractivity contribution in [2.45, 2.75) is 6.92 Å². The molecule has 0 saturated heterocycles. The van der Waals surface area contributed by atoms with E-state index in [1.807, 2.05) is 14.0 Å². The van der Waals surface area contributed by atoms with E-state index in [0.717, 1.165) is 16.9 Å². The van der Waals surface area contributed by atoms with Gasteiger partial charge in [-0.05, 0) is 12.7 Å². The van der Waals surface area contributed by atoms with Gasteiger partial charge in [-0.1, -0.05) is 12.4 Å². The molecule has 0 amide bonds. The predicted molar refractivity (Wildman–Crippen MR) is 38.7 cm³/mol. The van der Waals surface area contributed by atoms with E-state index in [4.69, 9.17) is 0 Å². The van der Waals surface area contributed by atoms with Crippen molar-refractivity contribution >= 4 is 11.2 Å². The third kappa shape index (κ3) is 2.42. The van der Waals surface area contributed by atoms with E-state index in [9.17, 15) is 0 Å². The largest absolute Gasteiger partial charge is 0.437 e. The molecule has 2 aromatic rings. The first-order valence-corrected chi connectivity index (χ1v) is 3.24. The zero-order valence-corrected chi connectivity index (χ0v) is 13.0. The molecular formula is C7H6N4WY-2. The summed E-state index contributed by atoms with van der Waals surface area (Å²) in [4.78, 5) is 11.8. The predicted octanol–water partition coefficient (Wildman–Crippen LogP) is 0.267. The molecule has 65 valence electrons. The molecule has 13 heavy (non-hydrogen) atoms. The summed E-state index contributed by atoms with van der Waals surface area (Å²) in [5.74, 6) is 0. The van der Waals surface area contributed by atoms with Gasteiger partial charge in [0.05, 0.1) is 0 Å². The van der Waals surface area contributed by atoms with E-state index < -0.39 is 0 Å². The molecule has 0 fully saturated rings. The molecule has 0 bridgehead atoms. The summed E-state index contributed by atoms with van der Waals surface area (Å²) >= 11 is 0. The van der Waals surface area contributed by atoms with Crippen molar-refractivity contribution in [1.82, 2.24) is 19.5 Å². The van der Waals surface area contributed by atoms with Crippen LogP contribution in [0.5, 0.6) is 0 Å². The second-order valence-corrected chi connectivity index (χ2v) is 2.35. The van der Waals surface area contributed by atoms with Crippen LogP contribution in [0.3, 0.4) is 0 Å². The van der Waals surface area contributed by atoms with Crippen LogP contribution in [0, 0.1) is 19.6 Å². The minimum absolute atomic E-state index is 0. The van der Waals surface area contributed by atoms with Crippen LogP contribution < -0.4 is 0 Å². The van der Waals surface area contributed by atoms with Crippen LogP contribution in [0.25, 0.3) is 11.2 Å². The van der Waals surface area contributed by atoms with Crippen molar-refractivity contribution < 1.29 is 53.8 Å². The number of hydrogen-bond acceptors (Lipinski definition) is 3. The summed E-state index contributed by atoms with van der Waals surface area (Å²) in [5, 5.41) is 0. The third-order valence-corrected chi connectivity index (χ3v) is 1.56. The van der Waals surface area contributed by atoms with Gasteiger partial charge in [-0.15, -0.1) is 5.69 Å². The molecule has 0 saturated carbocycles. The SMILES string of the molecule is Cc1n[c-]nc2c1n[c-]n2C.[W].[Y]. The van der Waals surface area contributed by atoms with E-state index in [0.29, 0.717) is 0 Å². The Morgan fingerprint density at radius 1 is 1.23 bits per heavy atom. The molecule has 0 N–H and O–H groups in total. The van der Waals surface area contributed by atoms with E-state index in [1.54, 1.807) is 4.57 Å². The van der Waals surface area contributed by atoms with Gasteiger partial charge < -0.3 is 19.5 Å². The Balaban J connectivity index is 0.000000720. The van der Waals surface area contributed by atoms with E-state index in [1.165, 1.54) is 0 Å². The molecule has 0 aliphatic rings. The van der Waals surface area contributed by atoms with Crippen molar-refractivity contribution in [3.05, 3.63) is 18.3 Å². The summed E-state index contributed by atoms with van der Waals surface area (Å²) in [6.07, 6.45) is 5.31. The maximum atomic E-state index is 4.01. The van der Waals surface area contributed by atoms with Crippen LogP contribution in [-0.4, -0.2) is 19.5 Å². The van der Waals surface area contributed by atoms with Crippen molar-refractivity contribution in [1.29, 1.82) is 0 Å². The Morgan fingerprint density at radius 3 is 2.54 bits per heavy atom. The first kappa shape index (κ1) is 13.3. The van der Waals surface area contributed by atoms with Gasteiger partial charge in [-0.2, -0.15) is 0 Å². The molecular weight excluding hydrogens is 413 g/mol. The minimum atomic E-state index is 0. The molecule has 4 nitrogen and oxygen atoms in total. The molecule has 2 aromatic heterocycles. The quantitative estimate of drug-likeness (QED) is 0.577. The first-order valence-electron chi connectivity index (χ1n) is 3.24. The van der Waals surface area contributed by atoms with Crippen LogP contribution in [-0.2, 0) is 60.8 Å². The van der Waals surface area contributed by atoms with Gasteiger partial charge in [0.15, 0.2) is 0 Å². The van der Waals surface area contributed by atoms with E-state index >= 15 is 0 Å². The Hall–Kier alpha value is 0.342. The molecule has 0 aliphatic heterocycles. The molecule has 1 radical (unpaired) electrons. The molecule has 0 unspecified atom stereocenters. The molecule has 2 rings (SSSR count). The van der Waals surface area contributed by atoms with Gasteiger partial charge in [0.25, 0.3) is 0 Å². The number of aryl methyl sites for hydroxylation is 2. The molecule has 0 atom stereocenters. The second kappa shape index (κ2) is 5.28. The Labute approximate surface area is 116 Å². The Morgan fingerprint density at radius 2 is 1.92 bits per heavy atom. The standard InChI is InChI=1S/C7H6N4.W.Y/c1-5-6-7(9-3-8-5)11(2)4-10-6;;/h1-2H3;;/q-2;;. The van der Waals surface area contributed by atoms with Gasteiger partial charge in [-0.25, -0.2) is 0 Å². The maximum absolute atomic E-state index is 4.01. The number of nitrogens with zero attached hydrogens (tertiary/aromatic N) is 4. The van der Waals surface area contributed by atoms with Crippen LogP contribution in [0.4, 0.5) is 0 Å². The minimum Gasteiger partial charge on any atom is -0.437 e. The van der Waals surface area contributed by atoms with Crippen LogP contribution in [0.2, 0.25) is 0 Å². The first-order chi connectivity index (χ1) is 5.29. The number of imidazole rings is 1. The smallest absolute Gasteiger partial charge is 0.0216 e. The van der Waals surface area contributed by atoms with Crippen molar-refractivity contribution in [2.75, 3.05) is 0 Å². The van der Waals surface area contributed by atoms with Gasteiger partial charge >= 0.3 is 0 Å². The fourth-order valence-electron chi connectivity index (χ4n) is 0.952. The average Bonchev–Trinajstić information content (AvgIpc) is 2.35. The van der Waals surface area contributed by atoms with Crippen LogP contribution in [0.15, 0.2) is 0 Å². The Kier molecular flexibility index (Phi) is 5.42. The fourth-order valence-corrected chi connectivity index (χ4v) is 0.952. The average molecular weight is 419 g/mol. The van der Waals surface area contributed by atoms with Gasteiger partial charge in [0.1, 0.15) is 0 Å². The number of aromatic nitrogens is 4. The monoisotopic (exact) mass is 419 g/mol. The number of rotatable bonds is 0. The molecule has 6 heteroatoms. The zero-order chi connectivity index (χ0) is 7.84. The van der Waals surface area contributed by atoms with Crippen molar-refractivity contribution in [3.63, 3.8) is 0 Å². The van der Waals surface area contributed by atoms with Gasteiger partial charge in [0.2, 0.25) is 0 Å². The molecule has 0 aliphatic carbocycles. The number of hydrogen-bond donors (Lipinski definition) is 0. The zero-order valence-electron chi connectivity index (χ0n) is 7.27. The summed E-state index contributed by atoms with van der Waals surface area (Å²) < 4.78 is 1.72. The van der Waals surface area contributed by atoms with E-state index in [-0.39, 0.29) is 53.8 Å². The van der Waals surface area contributed by atoms with Gasteiger partial charge in [0, 0.05) is 66.4 Å². The topological polar surface area (TPSA) is 43.6 Å².